The molecule has 0 aliphatic carbocycles. The van der Waals surface area contributed by atoms with E-state index in [1.165, 1.54) is 42.5 Å². The molecule has 27 heavy (non-hydrogen) atoms. The molecule has 0 N–H and O–H groups in total. The van der Waals surface area contributed by atoms with Gasteiger partial charge in [-0.3, -0.25) is 4.79 Å². The number of carbonyl (C=O) groups is 2. The van der Waals surface area contributed by atoms with Crippen LogP contribution in [0, 0.1) is 11.6 Å². The van der Waals surface area contributed by atoms with Gasteiger partial charge in [-0.25, -0.2) is 13.6 Å². The number of allylic oxidation sites excluding steroid dienone is 1. The Hall–Kier alpha value is -3.60. The van der Waals surface area contributed by atoms with Gasteiger partial charge in [-0.2, -0.15) is 0 Å². The molecule has 0 heterocycles. The molecule has 0 radical (unpaired) electrons. The van der Waals surface area contributed by atoms with E-state index in [9.17, 15) is 18.4 Å². The summed E-state index contributed by atoms with van der Waals surface area (Å²) in [5.41, 5.74) is 0.823. The Labute approximate surface area is 154 Å². The third-order valence-corrected chi connectivity index (χ3v) is 3.72. The second kappa shape index (κ2) is 8.19. The van der Waals surface area contributed by atoms with Crippen LogP contribution in [0.2, 0.25) is 0 Å². The molecule has 0 saturated carbocycles. The Kier molecular flexibility index (Phi) is 5.52. The summed E-state index contributed by atoms with van der Waals surface area (Å²) in [4.78, 5) is 24.7. The summed E-state index contributed by atoms with van der Waals surface area (Å²) in [5, 5.41) is 0. The third kappa shape index (κ3) is 4.73. The molecule has 5 heteroatoms. The van der Waals surface area contributed by atoms with Gasteiger partial charge in [-0.05, 0) is 54.1 Å². The largest absolute Gasteiger partial charge is 0.422 e. The zero-order chi connectivity index (χ0) is 19.2. The topological polar surface area (TPSA) is 43.4 Å². The minimum absolute atomic E-state index is 0.0426. The zero-order valence-electron chi connectivity index (χ0n) is 14.1. The van der Waals surface area contributed by atoms with Crippen molar-refractivity contribution in [3.63, 3.8) is 0 Å². The fraction of sp³-hybridized carbons (Fsp3) is 0. The standard InChI is InChI=1S/C22H14F2O3/c23-17-9-6-15(7-10-17)8-12-20(25)19-14-18(24)11-13-21(19)27-22(26)16-4-2-1-3-5-16/h1-14H. The SMILES string of the molecule is O=C(Oc1ccc(F)cc1C(=O)C=Cc1ccc(F)cc1)c1ccccc1. The fourth-order valence-corrected chi connectivity index (χ4v) is 2.35. The molecule has 3 aromatic carbocycles. The van der Waals surface area contributed by atoms with Gasteiger partial charge in [0.2, 0.25) is 0 Å². The molecule has 134 valence electrons. The number of hydrogen-bond acceptors (Lipinski definition) is 3. The highest BCUT2D eigenvalue weighted by molar-refractivity contribution is 6.09. The number of esters is 1. The van der Waals surface area contributed by atoms with E-state index >= 15 is 0 Å². The minimum Gasteiger partial charge on any atom is -0.422 e. The maximum absolute atomic E-state index is 13.6. The zero-order valence-corrected chi connectivity index (χ0v) is 14.1. The first-order valence-corrected chi connectivity index (χ1v) is 8.08. The Balaban J connectivity index is 1.84. The normalized spacial score (nSPS) is 10.7. The van der Waals surface area contributed by atoms with E-state index in [1.54, 1.807) is 30.3 Å². The molecule has 0 aliphatic rings. The van der Waals surface area contributed by atoms with Crippen molar-refractivity contribution in [1.29, 1.82) is 0 Å². The minimum atomic E-state index is -0.654. The molecule has 0 aliphatic heterocycles. The van der Waals surface area contributed by atoms with Crippen molar-refractivity contribution in [2.45, 2.75) is 0 Å². The van der Waals surface area contributed by atoms with E-state index in [2.05, 4.69) is 0 Å². The number of ether oxygens (including phenoxy) is 1. The second-order valence-electron chi connectivity index (χ2n) is 5.65. The van der Waals surface area contributed by atoms with E-state index in [0.717, 1.165) is 12.1 Å². The summed E-state index contributed by atoms with van der Waals surface area (Å²) >= 11 is 0. The summed E-state index contributed by atoms with van der Waals surface area (Å²) in [6.07, 6.45) is 2.68. The van der Waals surface area contributed by atoms with Crippen molar-refractivity contribution >= 4 is 17.8 Å². The van der Waals surface area contributed by atoms with Crippen molar-refractivity contribution in [2.75, 3.05) is 0 Å². The van der Waals surface area contributed by atoms with Crippen LogP contribution >= 0.6 is 0 Å². The van der Waals surface area contributed by atoms with Gasteiger partial charge in [0.05, 0.1) is 11.1 Å². The number of benzene rings is 3. The van der Waals surface area contributed by atoms with E-state index in [1.807, 2.05) is 0 Å². The summed E-state index contributed by atoms with van der Waals surface area (Å²) in [5.74, 6) is -2.26. The first-order chi connectivity index (χ1) is 13.0. The summed E-state index contributed by atoms with van der Waals surface area (Å²) in [6, 6.07) is 17.1. The average molecular weight is 364 g/mol. The van der Waals surface area contributed by atoms with Crippen LogP contribution in [0.15, 0.2) is 78.9 Å². The monoisotopic (exact) mass is 364 g/mol. The van der Waals surface area contributed by atoms with Crippen LogP contribution in [0.4, 0.5) is 8.78 Å². The van der Waals surface area contributed by atoms with Gasteiger partial charge in [0, 0.05) is 0 Å². The van der Waals surface area contributed by atoms with Gasteiger partial charge < -0.3 is 4.74 Å². The first kappa shape index (κ1) is 18.2. The number of rotatable bonds is 5. The van der Waals surface area contributed by atoms with Crippen molar-refractivity contribution in [3.05, 3.63) is 107 Å². The van der Waals surface area contributed by atoms with E-state index in [-0.39, 0.29) is 11.3 Å². The van der Waals surface area contributed by atoms with Gasteiger partial charge in [0.25, 0.3) is 0 Å². The molecule has 0 amide bonds. The first-order valence-electron chi connectivity index (χ1n) is 8.08. The maximum atomic E-state index is 13.6. The molecule has 0 aromatic heterocycles. The van der Waals surface area contributed by atoms with Crippen LogP contribution < -0.4 is 4.74 Å². The van der Waals surface area contributed by atoms with E-state index in [0.29, 0.717) is 11.1 Å². The van der Waals surface area contributed by atoms with E-state index < -0.39 is 23.4 Å². The summed E-state index contributed by atoms with van der Waals surface area (Å²) < 4.78 is 31.8. The van der Waals surface area contributed by atoms with Crippen molar-refractivity contribution in [3.8, 4) is 5.75 Å². The predicted molar refractivity (Wildman–Crippen MR) is 97.6 cm³/mol. The molecule has 0 fully saturated rings. The summed E-state index contributed by atoms with van der Waals surface area (Å²) in [6.45, 7) is 0. The second-order valence-corrected chi connectivity index (χ2v) is 5.65. The van der Waals surface area contributed by atoms with Crippen molar-refractivity contribution < 1.29 is 23.1 Å². The van der Waals surface area contributed by atoms with Crippen LogP contribution in [-0.2, 0) is 0 Å². The summed E-state index contributed by atoms with van der Waals surface area (Å²) in [7, 11) is 0. The van der Waals surface area contributed by atoms with Crippen LogP contribution in [0.3, 0.4) is 0 Å². The lowest BCUT2D eigenvalue weighted by Crippen LogP contribution is -2.11. The fourth-order valence-electron chi connectivity index (χ4n) is 2.35. The highest BCUT2D eigenvalue weighted by Gasteiger charge is 2.16. The molecule has 0 unspecified atom stereocenters. The number of hydrogen-bond donors (Lipinski definition) is 0. The molecule has 0 atom stereocenters. The number of ketones is 1. The Morgan fingerprint density at radius 3 is 2.19 bits per heavy atom. The van der Waals surface area contributed by atoms with Crippen LogP contribution in [0.25, 0.3) is 6.08 Å². The lowest BCUT2D eigenvalue weighted by atomic mass is 10.1. The lowest BCUT2D eigenvalue weighted by molar-refractivity contribution is 0.0733. The van der Waals surface area contributed by atoms with Gasteiger partial charge in [-0.15, -0.1) is 0 Å². The molecule has 0 bridgehead atoms. The number of carbonyl (C=O) groups excluding carboxylic acids is 2. The van der Waals surface area contributed by atoms with Crippen LogP contribution in [-0.4, -0.2) is 11.8 Å². The Morgan fingerprint density at radius 1 is 0.815 bits per heavy atom. The highest BCUT2D eigenvalue weighted by Crippen LogP contribution is 2.22. The maximum Gasteiger partial charge on any atom is 0.343 e. The lowest BCUT2D eigenvalue weighted by Gasteiger charge is -2.08. The van der Waals surface area contributed by atoms with Gasteiger partial charge in [0.1, 0.15) is 17.4 Å². The smallest absolute Gasteiger partial charge is 0.343 e. The molecular formula is C22H14F2O3. The predicted octanol–water partition coefficient (Wildman–Crippen LogP) is 5.08. The molecule has 3 rings (SSSR count). The molecule has 0 spiro atoms. The van der Waals surface area contributed by atoms with Crippen LogP contribution in [0.5, 0.6) is 5.75 Å². The van der Waals surface area contributed by atoms with Gasteiger partial charge in [-0.1, -0.05) is 36.4 Å². The molecule has 3 aromatic rings. The average Bonchev–Trinajstić information content (AvgIpc) is 2.69. The molecule has 0 saturated heterocycles. The third-order valence-electron chi connectivity index (χ3n) is 3.72. The Bertz CT molecular complexity index is 994. The van der Waals surface area contributed by atoms with Crippen LogP contribution in [0.1, 0.15) is 26.3 Å². The quantitative estimate of drug-likeness (QED) is 0.274. The van der Waals surface area contributed by atoms with Crippen molar-refractivity contribution in [1.82, 2.24) is 0 Å². The Morgan fingerprint density at radius 2 is 1.48 bits per heavy atom. The highest BCUT2D eigenvalue weighted by atomic mass is 19.1. The van der Waals surface area contributed by atoms with Gasteiger partial charge >= 0.3 is 5.97 Å². The molecular weight excluding hydrogens is 350 g/mol. The van der Waals surface area contributed by atoms with Crippen molar-refractivity contribution in [2.24, 2.45) is 0 Å². The number of halogens is 2. The van der Waals surface area contributed by atoms with E-state index in [4.69, 9.17) is 4.74 Å². The molecule has 3 nitrogen and oxygen atoms in total. The van der Waals surface area contributed by atoms with Gasteiger partial charge in [0.15, 0.2) is 5.78 Å².